The molecule has 3 N–H and O–H groups in total. The monoisotopic (exact) mass is 271 g/mol. The molecule has 0 aromatic carbocycles. The molecule has 6 nitrogen and oxygen atoms in total. The normalized spacial score (nSPS) is 16.2. The van der Waals surface area contributed by atoms with Gasteiger partial charge in [-0.25, -0.2) is 4.79 Å². The SMILES string of the molecule is CC(CCCNC(=O)NCCN(C)C1CC1)C(=O)O. The highest BCUT2D eigenvalue weighted by molar-refractivity contribution is 5.73. The minimum Gasteiger partial charge on any atom is -0.481 e. The standard InChI is InChI=1S/C13H25N3O3/c1-10(12(17)18)4-3-7-14-13(19)15-8-9-16(2)11-5-6-11/h10-11H,3-9H2,1-2H3,(H,17,18)(H2,14,15,19). The second-order valence-corrected chi connectivity index (χ2v) is 5.28. The minimum atomic E-state index is -0.785. The average Bonchev–Trinajstić information content (AvgIpc) is 3.18. The fourth-order valence-electron chi connectivity index (χ4n) is 1.84. The molecule has 0 spiro atoms. The third kappa shape index (κ3) is 7.00. The van der Waals surface area contributed by atoms with Crippen LogP contribution in [0.3, 0.4) is 0 Å². The van der Waals surface area contributed by atoms with Crippen LogP contribution in [0.15, 0.2) is 0 Å². The van der Waals surface area contributed by atoms with Crippen molar-refractivity contribution in [2.45, 2.75) is 38.6 Å². The zero-order chi connectivity index (χ0) is 14.3. The molecule has 1 unspecified atom stereocenters. The van der Waals surface area contributed by atoms with E-state index in [2.05, 4.69) is 22.6 Å². The Labute approximate surface area is 114 Å². The number of carbonyl (C=O) groups excluding carboxylic acids is 1. The van der Waals surface area contributed by atoms with Crippen LogP contribution in [0, 0.1) is 5.92 Å². The van der Waals surface area contributed by atoms with Crippen molar-refractivity contribution in [1.82, 2.24) is 15.5 Å². The number of urea groups is 1. The Balaban J connectivity index is 1.94. The third-order valence-electron chi connectivity index (χ3n) is 3.44. The second kappa shape index (κ2) is 7.99. The quantitative estimate of drug-likeness (QED) is 0.544. The summed E-state index contributed by atoms with van der Waals surface area (Å²) >= 11 is 0. The van der Waals surface area contributed by atoms with Crippen LogP contribution in [-0.2, 0) is 4.79 Å². The Bertz CT molecular complexity index is 306. The maximum atomic E-state index is 11.4. The second-order valence-electron chi connectivity index (χ2n) is 5.28. The molecule has 110 valence electrons. The number of nitrogens with one attached hydrogen (secondary N) is 2. The first-order valence-corrected chi connectivity index (χ1v) is 6.95. The Hall–Kier alpha value is -1.30. The highest BCUT2D eigenvalue weighted by Gasteiger charge is 2.25. The summed E-state index contributed by atoms with van der Waals surface area (Å²) < 4.78 is 0. The van der Waals surface area contributed by atoms with Crippen LogP contribution in [-0.4, -0.2) is 54.7 Å². The molecular formula is C13H25N3O3. The van der Waals surface area contributed by atoms with Gasteiger partial charge < -0.3 is 20.6 Å². The number of carboxylic acid groups (broad SMARTS) is 1. The van der Waals surface area contributed by atoms with Gasteiger partial charge in [0.2, 0.25) is 0 Å². The number of carbonyl (C=O) groups is 2. The summed E-state index contributed by atoms with van der Waals surface area (Å²) in [5.41, 5.74) is 0. The predicted octanol–water partition coefficient (Wildman–Crippen LogP) is 0.881. The molecule has 19 heavy (non-hydrogen) atoms. The number of likely N-dealkylation sites (N-methyl/N-ethyl adjacent to an activating group) is 1. The van der Waals surface area contributed by atoms with E-state index in [1.54, 1.807) is 6.92 Å². The Kier molecular flexibility index (Phi) is 6.62. The van der Waals surface area contributed by atoms with E-state index in [-0.39, 0.29) is 11.9 Å². The molecule has 0 heterocycles. The molecular weight excluding hydrogens is 246 g/mol. The fourth-order valence-corrected chi connectivity index (χ4v) is 1.84. The van der Waals surface area contributed by atoms with Crippen LogP contribution in [0.4, 0.5) is 4.79 Å². The van der Waals surface area contributed by atoms with Gasteiger partial charge >= 0.3 is 12.0 Å². The van der Waals surface area contributed by atoms with Crippen molar-refractivity contribution in [1.29, 1.82) is 0 Å². The smallest absolute Gasteiger partial charge is 0.314 e. The largest absolute Gasteiger partial charge is 0.481 e. The van der Waals surface area contributed by atoms with Gasteiger partial charge in [-0.3, -0.25) is 4.79 Å². The highest BCUT2D eigenvalue weighted by atomic mass is 16.4. The zero-order valence-electron chi connectivity index (χ0n) is 11.8. The van der Waals surface area contributed by atoms with Crippen LogP contribution < -0.4 is 10.6 Å². The van der Waals surface area contributed by atoms with Crippen molar-refractivity contribution < 1.29 is 14.7 Å². The molecule has 0 aliphatic heterocycles. The van der Waals surface area contributed by atoms with Crippen LogP contribution in [0.5, 0.6) is 0 Å². The van der Waals surface area contributed by atoms with Crippen molar-refractivity contribution in [3.05, 3.63) is 0 Å². The van der Waals surface area contributed by atoms with Gasteiger partial charge in [-0.1, -0.05) is 6.92 Å². The predicted molar refractivity (Wildman–Crippen MR) is 73.1 cm³/mol. The Morgan fingerprint density at radius 3 is 2.53 bits per heavy atom. The maximum Gasteiger partial charge on any atom is 0.314 e. The number of aliphatic carboxylic acids is 1. The molecule has 0 aromatic rings. The molecule has 1 rings (SSSR count). The summed E-state index contributed by atoms with van der Waals surface area (Å²) in [6, 6.07) is 0.537. The van der Waals surface area contributed by atoms with Gasteiger partial charge in [-0.2, -0.15) is 0 Å². The molecule has 1 aliphatic rings. The van der Waals surface area contributed by atoms with Gasteiger partial charge in [0.05, 0.1) is 5.92 Å². The number of hydrogen-bond donors (Lipinski definition) is 3. The van der Waals surface area contributed by atoms with E-state index in [1.165, 1.54) is 12.8 Å². The Morgan fingerprint density at radius 2 is 1.95 bits per heavy atom. The molecule has 1 aliphatic carbocycles. The van der Waals surface area contributed by atoms with E-state index in [1.807, 2.05) is 0 Å². The molecule has 1 atom stereocenters. The number of carboxylic acids is 1. The summed E-state index contributed by atoms with van der Waals surface area (Å²) in [7, 11) is 2.07. The lowest BCUT2D eigenvalue weighted by Crippen LogP contribution is -2.40. The summed E-state index contributed by atoms with van der Waals surface area (Å²) in [5.74, 6) is -1.13. The Morgan fingerprint density at radius 1 is 1.32 bits per heavy atom. The maximum absolute atomic E-state index is 11.4. The fraction of sp³-hybridized carbons (Fsp3) is 0.846. The molecule has 0 saturated heterocycles. The molecule has 0 bridgehead atoms. The molecule has 0 radical (unpaired) electrons. The molecule has 1 saturated carbocycles. The van der Waals surface area contributed by atoms with E-state index in [4.69, 9.17) is 5.11 Å². The third-order valence-corrected chi connectivity index (χ3v) is 3.44. The first kappa shape index (κ1) is 15.8. The summed E-state index contributed by atoms with van der Waals surface area (Å²) in [6.45, 7) is 3.70. The van der Waals surface area contributed by atoms with Crippen molar-refractivity contribution in [3.8, 4) is 0 Å². The summed E-state index contributed by atoms with van der Waals surface area (Å²) in [4.78, 5) is 24.3. The summed E-state index contributed by atoms with van der Waals surface area (Å²) in [5, 5.41) is 14.2. The number of hydrogen-bond acceptors (Lipinski definition) is 3. The highest BCUT2D eigenvalue weighted by Crippen LogP contribution is 2.24. The van der Waals surface area contributed by atoms with Crippen LogP contribution in [0.2, 0.25) is 0 Å². The minimum absolute atomic E-state index is 0.174. The number of rotatable bonds is 9. The lowest BCUT2D eigenvalue weighted by atomic mass is 10.1. The lowest BCUT2D eigenvalue weighted by Gasteiger charge is -2.16. The van der Waals surface area contributed by atoms with Gasteiger partial charge in [0.15, 0.2) is 0 Å². The molecule has 6 heteroatoms. The molecule has 2 amide bonds. The number of nitrogens with zero attached hydrogens (tertiary/aromatic N) is 1. The van der Waals surface area contributed by atoms with Crippen molar-refractivity contribution in [3.63, 3.8) is 0 Å². The van der Waals surface area contributed by atoms with E-state index < -0.39 is 5.97 Å². The molecule has 1 fully saturated rings. The number of amides is 2. The van der Waals surface area contributed by atoms with Crippen LogP contribution in [0.25, 0.3) is 0 Å². The van der Waals surface area contributed by atoms with Gasteiger partial charge in [-0.05, 0) is 32.7 Å². The molecule has 0 aromatic heterocycles. The van der Waals surface area contributed by atoms with Crippen molar-refractivity contribution >= 4 is 12.0 Å². The van der Waals surface area contributed by atoms with Gasteiger partial charge in [0.25, 0.3) is 0 Å². The first-order valence-electron chi connectivity index (χ1n) is 6.95. The van der Waals surface area contributed by atoms with Gasteiger partial charge in [-0.15, -0.1) is 0 Å². The first-order chi connectivity index (χ1) is 9.00. The average molecular weight is 271 g/mol. The van der Waals surface area contributed by atoms with Crippen LogP contribution >= 0.6 is 0 Å². The van der Waals surface area contributed by atoms with Gasteiger partial charge in [0, 0.05) is 25.7 Å². The van der Waals surface area contributed by atoms with E-state index >= 15 is 0 Å². The van der Waals surface area contributed by atoms with Crippen LogP contribution in [0.1, 0.15) is 32.6 Å². The van der Waals surface area contributed by atoms with Crippen molar-refractivity contribution in [2.24, 2.45) is 5.92 Å². The summed E-state index contributed by atoms with van der Waals surface area (Å²) in [6.07, 6.45) is 3.80. The van der Waals surface area contributed by atoms with E-state index in [0.717, 1.165) is 6.54 Å². The van der Waals surface area contributed by atoms with Crippen molar-refractivity contribution in [2.75, 3.05) is 26.7 Å². The van der Waals surface area contributed by atoms with E-state index in [0.29, 0.717) is 32.0 Å². The topological polar surface area (TPSA) is 81.7 Å². The lowest BCUT2D eigenvalue weighted by molar-refractivity contribution is -0.141. The van der Waals surface area contributed by atoms with Gasteiger partial charge in [0.1, 0.15) is 0 Å². The zero-order valence-corrected chi connectivity index (χ0v) is 11.8. The van der Waals surface area contributed by atoms with E-state index in [9.17, 15) is 9.59 Å².